The van der Waals surface area contributed by atoms with Crippen LogP contribution < -0.4 is 5.32 Å². The van der Waals surface area contributed by atoms with E-state index in [1.165, 1.54) is 44.9 Å². The molecule has 3 aliphatic rings. The van der Waals surface area contributed by atoms with Gasteiger partial charge in [-0.15, -0.1) is 0 Å². The van der Waals surface area contributed by atoms with Crippen molar-refractivity contribution in [2.24, 2.45) is 0 Å². The first-order valence-electron chi connectivity index (χ1n) is 31.1. The van der Waals surface area contributed by atoms with Crippen molar-refractivity contribution in [3.63, 3.8) is 0 Å². The highest BCUT2D eigenvalue weighted by Crippen LogP contribution is 2.33. The number of allylic oxidation sites excluding steroid dienone is 17. The number of unbranched alkanes of at least 4 members (excludes halogenated alkanes) is 12. The van der Waals surface area contributed by atoms with Gasteiger partial charge in [0.25, 0.3) is 0 Å². The Morgan fingerprint density at radius 3 is 1.33 bits per heavy atom. The molecule has 12 N–H and O–H groups in total. The molecule has 3 rings (SSSR count). The Hall–Kier alpha value is -3.55. The van der Waals surface area contributed by atoms with Gasteiger partial charge in [0.15, 0.2) is 18.9 Å². The molecule has 0 saturated carbocycles. The topological polar surface area (TPSA) is 307 Å². The summed E-state index contributed by atoms with van der Waals surface area (Å²) in [7, 11) is 0. The SMILES string of the molecule is CC/C=C\C/C=C\C/C=C\C/C=C\C/C=C\C/C=C\C/C=C\CCCCCC(=O)NC(COC1OC(CO)C(OC2OC(CO)C(OC3OC(CO)C(O)C(O)C3O)C(O)C2O)C(O)C1O)C(O)/C=C/CC/C=C/CCCCCCCCCC. The average Bonchev–Trinajstić information content (AvgIpc) is 3.68. The van der Waals surface area contributed by atoms with E-state index in [2.05, 4.69) is 116 Å². The molecule has 17 unspecified atom stereocenters. The van der Waals surface area contributed by atoms with Crippen molar-refractivity contribution < 1.29 is 89.4 Å². The molecule has 1 amide bonds. The lowest BCUT2D eigenvalue weighted by Crippen LogP contribution is -2.66. The van der Waals surface area contributed by atoms with Crippen LogP contribution in [0.15, 0.2) is 109 Å². The highest BCUT2D eigenvalue weighted by atomic mass is 16.8. The monoisotopic (exact) mass is 1190 g/mol. The number of carbonyl (C=O) groups excluding carboxylic acids is 1. The maximum Gasteiger partial charge on any atom is 0.220 e. The van der Waals surface area contributed by atoms with Gasteiger partial charge in [-0.2, -0.15) is 0 Å². The second-order valence-electron chi connectivity index (χ2n) is 21.8. The Balaban J connectivity index is 1.50. The lowest BCUT2D eigenvalue weighted by molar-refractivity contribution is -0.379. The molecule has 17 atom stereocenters. The van der Waals surface area contributed by atoms with Crippen molar-refractivity contribution in [2.75, 3.05) is 26.4 Å². The smallest absolute Gasteiger partial charge is 0.220 e. The van der Waals surface area contributed by atoms with E-state index in [1.807, 2.05) is 6.08 Å². The fraction of sp³-hybridized carbons (Fsp3) is 0.708. The normalized spacial score (nSPS) is 29.9. The van der Waals surface area contributed by atoms with E-state index < -0.39 is 124 Å². The lowest BCUT2D eigenvalue weighted by Gasteiger charge is -2.48. The van der Waals surface area contributed by atoms with Gasteiger partial charge >= 0.3 is 0 Å². The number of carbonyl (C=O) groups is 1. The summed E-state index contributed by atoms with van der Waals surface area (Å²) in [5.41, 5.74) is 0. The van der Waals surface area contributed by atoms with Crippen LogP contribution in [-0.4, -0.2) is 193 Å². The number of aliphatic hydroxyl groups excluding tert-OH is 11. The lowest BCUT2D eigenvalue weighted by atomic mass is 9.96. The third kappa shape index (κ3) is 29.4. The minimum atomic E-state index is -1.99. The van der Waals surface area contributed by atoms with Gasteiger partial charge in [-0.05, 0) is 89.9 Å². The van der Waals surface area contributed by atoms with Crippen LogP contribution in [0.25, 0.3) is 0 Å². The van der Waals surface area contributed by atoms with E-state index in [4.69, 9.17) is 28.4 Å². The zero-order chi connectivity index (χ0) is 61.2. The van der Waals surface area contributed by atoms with Crippen LogP contribution >= 0.6 is 0 Å². The van der Waals surface area contributed by atoms with Gasteiger partial charge in [0.05, 0.1) is 38.6 Å². The first kappa shape index (κ1) is 74.7. The number of aliphatic hydroxyl groups is 11. The third-order valence-electron chi connectivity index (χ3n) is 14.8. The van der Waals surface area contributed by atoms with Gasteiger partial charge in [0.1, 0.15) is 73.2 Å². The Kier molecular flexibility index (Phi) is 41.4. The van der Waals surface area contributed by atoms with Crippen LogP contribution in [-0.2, 0) is 33.2 Å². The van der Waals surface area contributed by atoms with Gasteiger partial charge < -0.3 is 89.9 Å². The van der Waals surface area contributed by atoms with Crippen LogP contribution in [0, 0.1) is 0 Å². The van der Waals surface area contributed by atoms with Crippen LogP contribution in [0.5, 0.6) is 0 Å². The van der Waals surface area contributed by atoms with Crippen LogP contribution in [0.3, 0.4) is 0 Å². The summed E-state index contributed by atoms with van der Waals surface area (Å²) < 4.78 is 34.2. The molecule has 3 heterocycles. The van der Waals surface area contributed by atoms with Crippen molar-refractivity contribution in [2.45, 2.75) is 266 Å². The maximum atomic E-state index is 13.3. The van der Waals surface area contributed by atoms with Crippen molar-refractivity contribution in [1.82, 2.24) is 5.32 Å². The number of rotatable bonds is 44. The molecule has 19 nitrogen and oxygen atoms in total. The summed E-state index contributed by atoms with van der Waals surface area (Å²) in [6.07, 6.45) is 33.5. The van der Waals surface area contributed by atoms with E-state index >= 15 is 0 Å². The summed E-state index contributed by atoms with van der Waals surface area (Å²) >= 11 is 0. The van der Waals surface area contributed by atoms with Crippen LogP contribution in [0.2, 0.25) is 0 Å². The number of hydrogen-bond acceptors (Lipinski definition) is 18. The summed E-state index contributed by atoms with van der Waals surface area (Å²) in [5.74, 6) is -0.324. The molecule has 0 aliphatic carbocycles. The van der Waals surface area contributed by atoms with Crippen LogP contribution in [0.4, 0.5) is 0 Å². The van der Waals surface area contributed by atoms with Gasteiger partial charge in [-0.25, -0.2) is 0 Å². The largest absolute Gasteiger partial charge is 0.394 e. The van der Waals surface area contributed by atoms with Crippen molar-refractivity contribution in [3.05, 3.63) is 109 Å². The number of hydrogen-bond donors (Lipinski definition) is 12. The second-order valence-corrected chi connectivity index (χ2v) is 21.8. The predicted molar refractivity (Wildman–Crippen MR) is 323 cm³/mol. The maximum absolute atomic E-state index is 13.3. The average molecular weight is 1190 g/mol. The molecule has 0 spiro atoms. The van der Waals surface area contributed by atoms with E-state index in [1.54, 1.807) is 6.08 Å². The standard InChI is InChI=1S/C65H107NO18/c1-3-5-7-9-11-13-15-17-19-20-21-22-23-24-25-26-27-28-29-31-33-35-37-39-41-43-53(71)66-48(49(70)42-40-38-36-34-32-30-18-16-14-12-10-8-6-4-2)47-79-63-59(77)56(74)61(51(45-68)81-63)84-65-60(78)57(75)62(52(46-69)82-65)83-64-58(76)55(73)54(72)50(44-67)80-64/h5,7,11,13,17,19,21-22,24-25,27-28,31-34,40,42,48-52,54-65,67-70,72-78H,3-4,6,8-10,12,14-16,18,20,23,26,29-30,35-39,41,43-47H2,1-2H3,(H,66,71)/b7-5-,13-11-,19-17-,22-21-,25-24-,28-27-,33-31-,34-32+,42-40+. The van der Waals surface area contributed by atoms with Gasteiger partial charge in [-0.1, -0.05) is 175 Å². The fourth-order valence-electron chi connectivity index (χ4n) is 9.71. The minimum absolute atomic E-state index is 0.188. The van der Waals surface area contributed by atoms with Gasteiger partial charge in [-0.3, -0.25) is 4.79 Å². The molecule has 480 valence electrons. The molecule has 0 aromatic heterocycles. The van der Waals surface area contributed by atoms with E-state index in [-0.39, 0.29) is 18.9 Å². The summed E-state index contributed by atoms with van der Waals surface area (Å²) in [6, 6.07) is -1.02. The van der Waals surface area contributed by atoms with Gasteiger partial charge in [0, 0.05) is 6.42 Å². The Morgan fingerprint density at radius 1 is 0.440 bits per heavy atom. The van der Waals surface area contributed by atoms with E-state index in [0.29, 0.717) is 12.8 Å². The molecule has 0 radical (unpaired) electrons. The zero-order valence-corrected chi connectivity index (χ0v) is 50.1. The molecule has 0 bridgehead atoms. The zero-order valence-electron chi connectivity index (χ0n) is 50.1. The first-order valence-corrected chi connectivity index (χ1v) is 31.1. The highest BCUT2D eigenvalue weighted by molar-refractivity contribution is 5.76. The van der Waals surface area contributed by atoms with Crippen molar-refractivity contribution >= 4 is 5.91 Å². The molecular formula is C65H107NO18. The molecule has 19 heteroatoms. The molecule has 84 heavy (non-hydrogen) atoms. The molecule has 0 aromatic rings. The van der Waals surface area contributed by atoms with E-state index in [0.717, 1.165) is 83.5 Å². The Labute approximate surface area is 500 Å². The van der Waals surface area contributed by atoms with Crippen molar-refractivity contribution in [1.29, 1.82) is 0 Å². The van der Waals surface area contributed by atoms with E-state index in [9.17, 15) is 61.0 Å². The molecule has 0 aromatic carbocycles. The summed E-state index contributed by atoms with van der Waals surface area (Å²) in [6.45, 7) is 1.52. The fourth-order valence-corrected chi connectivity index (χ4v) is 9.71. The summed E-state index contributed by atoms with van der Waals surface area (Å²) in [4.78, 5) is 13.3. The molecule has 3 aliphatic heterocycles. The van der Waals surface area contributed by atoms with Crippen LogP contribution in [0.1, 0.15) is 162 Å². The van der Waals surface area contributed by atoms with Crippen molar-refractivity contribution in [3.8, 4) is 0 Å². The summed E-state index contributed by atoms with van der Waals surface area (Å²) in [5, 5.41) is 120. The number of ether oxygens (including phenoxy) is 6. The highest BCUT2D eigenvalue weighted by Gasteiger charge is 2.53. The quantitative estimate of drug-likeness (QED) is 0.0235. The second kappa shape index (κ2) is 46.6. The number of amides is 1. The minimum Gasteiger partial charge on any atom is -0.394 e. The Bertz CT molecular complexity index is 1950. The number of nitrogens with one attached hydrogen (secondary N) is 1. The first-order chi connectivity index (χ1) is 40.8. The molecule has 3 fully saturated rings. The van der Waals surface area contributed by atoms with Gasteiger partial charge in [0.2, 0.25) is 5.91 Å². The third-order valence-corrected chi connectivity index (χ3v) is 14.8. The Morgan fingerprint density at radius 2 is 0.833 bits per heavy atom. The molecule has 3 saturated heterocycles. The predicted octanol–water partition coefficient (Wildman–Crippen LogP) is 6.31. The molecular weight excluding hydrogens is 1080 g/mol.